The summed E-state index contributed by atoms with van der Waals surface area (Å²) in [6.45, 7) is 6.93. The molecular formula is C12H20N6. The number of aryl methyl sites for hydroxylation is 1. The maximum absolute atomic E-state index is 4.33. The average molecular weight is 248 g/mol. The standard InChI is InChI=1S/C12H20N6/c1-10(2)4-13-5-11-6-15-18(7-11)8-12-14-9-16-17(12)3/h6-7,9-10,13H,4-5,8H2,1-3H3. The molecule has 2 heterocycles. The monoisotopic (exact) mass is 248 g/mol. The van der Waals surface area contributed by atoms with E-state index < -0.39 is 0 Å². The topological polar surface area (TPSA) is 60.6 Å². The van der Waals surface area contributed by atoms with Crippen molar-refractivity contribution < 1.29 is 0 Å². The van der Waals surface area contributed by atoms with E-state index in [-0.39, 0.29) is 0 Å². The maximum Gasteiger partial charge on any atom is 0.148 e. The van der Waals surface area contributed by atoms with E-state index in [1.807, 2.05) is 24.1 Å². The fourth-order valence-electron chi connectivity index (χ4n) is 1.70. The van der Waals surface area contributed by atoms with Crippen molar-refractivity contribution in [2.75, 3.05) is 6.54 Å². The molecule has 0 saturated heterocycles. The van der Waals surface area contributed by atoms with Crippen LogP contribution in [0.1, 0.15) is 25.2 Å². The second kappa shape index (κ2) is 5.77. The van der Waals surface area contributed by atoms with E-state index in [1.54, 1.807) is 11.0 Å². The molecular weight excluding hydrogens is 228 g/mol. The van der Waals surface area contributed by atoms with E-state index >= 15 is 0 Å². The molecule has 0 saturated carbocycles. The number of hydrogen-bond acceptors (Lipinski definition) is 4. The quantitative estimate of drug-likeness (QED) is 0.821. The first-order valence-electron chi connectivity index (χ1n) is 6.20. The van der Waals surface area contributed by atoms with Gasteiger partial charge in [-0.1, -0.05) is 13.8 Å². The van der Waals surface area contributed by atoms with Crippen LogP contribution in [0.2, 0.25) is 0 Å². The highest BCUT2D eigenvalue weighted by Crippen LogP contribution is 2.01. The van der Waals surface area contributed by atoms with Crippen LogP contribution in [0.4, 0.5) is 0 Å². The van der Waals surface area contributed by atoms with Crippen LogP contribution in [0, 0.1) is 5.92 Å². The summed E-state index contributed by atoms with van der Waals surface area (Å²) >= 11 is 0. The lowest BCUT2D eigenvalue weighted by Crippen LogP contribution is -2.18. The molecule has 6 nitrogen and oxygen atoms in total. The molecule has 0 unspecified atom stereocenters. The number of rotatable bonds is 6. The van der Waals surface area contributed by atoms with Gasteiger partial charge >= 0.3 is 0 Å². The van der Waals surface area contributed by atoms with Crippen LogP contribution in [0.5, 0.6) is 0 Å². The Kier molecular flexibility index (Phi) is 4.09. The molecule has 98 valence electrons. The van der Waals surface area contributed by atoms with Crippen molar-refractivity contribution in [2.45, 2.75) is 26.9 Å². The Morgan fingerprint density at radius 1 is 1.33 bits per heavy atom. The third-order valence-electron chi connectivity index (χ3n) is 2.68. The van der Waals surface area contributed by atoms with Crippen LogP contribution in [-0.2, 0) is 20.1 Å². The third-order valence-corrected chi connectivity index (χ3v) is 2.68. The van der Waals surface area contributed by atoms with Gasteiger partial charge in [-0.2, -0.15) is 10.2 Å². The van der Waals surface area contributed by atoms with Gasteiger partial charge in [-0.05, 0) is 12.5 Å². The Labute approximate surface area is 107 Å². The number of nitrogens with one attached hydrogen (secondary N) is 1. The van der Waals surface area contributed by atoms with Crippen LogP contribution in [-0.4, -0.2) is 31.1 Å². The highest BCUT2D eigenvalue weighted by Gasteiger charge is 2.04. The third kappa shape index (κ3) is 3.40. The maximum atomic E-state index is 4.33. The van der Waals surface area contributed by atoms with Crippen molar-refractivity contribution in [1.29, 1.82) is 0 Å². The van der Waals surface area contributed by atoms with Gasteiger partial charge in [-0.25, -0.2) is 4.98 Å². The fourth-order valence-corrected chi connectivity index (χ4v) is 1.70. The lowest BCUT2D eigenvalue weighted by Gasteiger charge is -2.05. The molecule has 0 bridgehead atoms. The van der Waals surface area contributed by atoms with Gasteiger partial charge in [0.2, 0.25) is 0 Å². The molecule has 6 heteroatoms. The number of hydrogen-bond donors (Lipinski definition) is 1. The Hall–Kier alpha value is -1.69. The predicted octanol–water partition coefficient (Wildman–Crippen LogP) is 0.805. The summed E-state index contributed by atoms with van der Waals surface area (Å²) in [4.78, 5) is 4.18. The van der Waals surface area contributed by atoms with Crippen LogP contribution in [0.25, 0.3) is 0 Å². The molecule has 0 spiro atoms. The summed E-state index contributed by atoms with van der Waals surface area (Å²) in [5.74, 6) is 1.57. The SMILES string of the molecule is CC(C)CNCc1cnn(Cc2ncnn2C)c1. The van der Waals surface area contributed by atoms with Crippen molar-refractivity contribution in [3.63, 3.8) is 0 Å². The second-order valence-corrected chi connectivity index (χ2v) is 4.87. The van der Waals surface area contributed by atoms with Gasteiger partial charge in [-0.15, -0.1) is 0 Å². The Balaban J connectivity index is 1.88. The van der Waals surface area contributed by atoms with E-state index in [1.165, 1.54) is 5.56 Å². The second-order valence-electron chi connectivity index (χ2n) is 4.87. The molecule has 0 amide bonds. The molecule has 1 N–H and O–H groups in total. The van der Waals surface area contributed by atoms with Crippen LogP contribution in [0.3, 0.4) is 0 Å². The van der Waals surface area contributed by atoms with Crippen LogP contribution < -0.4 is 5.32 Å². The average Bonchev–Trinajstić information content (AvgIpc) is 2.90. The summed E-state index contributed by atoms with van der Waals surface area (Å²) in [5, 5.41) is 11.8. The molecule has 0 aromatic carbocycles. The van der Waals surface area contributed by atoms with Gasteiger partial charge in [0.25, 0.3) is 0 Å². The summed E-state index contributed by atoms with van der Waals surface area (Å²) in [5.41, 5.74) is 1.19. The Morgan fingerprint density at radius 3 is 2.83 bits per heavy atom. The highest BCUT2D eigenvalue weighted by molar-refractivity contribution is 5.04. The lowest BCUT2D eigenvalue weighted by atomic mass is 10.2. The van der Waals surface area contributed by atoms with Gasteiger partial charge < -0.3 is 5.32 Å². The van der Waals surface area contributed by atoms with Gasteiger partial charge in [0.1, 0.15) is 18.7 Å². The first kappa shape index (κ1) is 12.8. The number of aromatic nitrogens is 5. The molecule has 0 aliphatic rings. The van der Waals surface area contributed by atoms with Gasteiger partial charge in [0, 0.05) is 25.4 Å². The van der Waals surface area contributed by atoms with Crippen molar-refractivity contribution in [3.8, 4) is 0 Å². The largest absolute Gasteiger partial charge is 0.312 e. The molecule has 0 atom stereocenters. The van der Waals surface area contributed by atoms with E-state index in [4.69, 9.17) is 0 Å². The zero-order valence-corrected chi connectivity index (χ0v) is 11.2. The zero-order valence-electron chi connectivity index (χ0n) is 11.2. The first-order valence-corrected chi connectivity index (χ1v) is 6.20. The molecule has 2 rings (SSSR count). The normalized spacial score (nSPS) is 11.3. The van der Waals surface area contributed by atoms with Gasteiger partial charge in [0.05, 0.1) is 6.20 Å². The number of nitrogens with zero attached hydrogens (tertiary/aromatic N) is 5. The Bertz CT molecular complexity index is 484. The molecule has 0 aliphatic heterocycles. The molecule has 2 aromatic heterocycles. The summed E-state index contributed by atoms with van der Waals surface area (Å²) in [6, 6.07) is 0. The molecule has 0 radical (unpaired) electrons. The molecule has 0 aliphatic carbocycles. The predicted molar refractivity (Wildman–Crippen MR) is 68.9 cm³/mol. The minimum absolute atomic E-state index is 0.653. The van der Waals surface area contributed by atoms with E-state index in [0.29, 0.717) is 12.5 Å². The summed E-state index contributed by atoms with van der Waals surface area (Å²) < 4.78 is 3.65. The van der Waals surface area contributed by atoms with Crippen molar-refractivity contribution in [3.05, 3.63) is 30.1 Å². The van der Waals surface area contributed by atoms with Crippen LogP contribution in [0.15, 0.2) is 18.7 Å². The minimum Gasteiger partial charge on any atom is -0.312 e. The Morgan fingerprint density at radius 2 is 2.17 bits per heavy atom. The minimum atomic E-state index is 0.653. The van der Waals surface area contributed by atoms with E-state index in [0.717, 1.165) is 18.9 Å². The van der Waals surface area contributed by atoms with E-state index in [2.05, 4.69) is 34.3 Å². The van der Waals surface area contributed by atoms with Crippen molar-refractivity contribution in [1.82, 2.24) is 29.9 Å². The molecule has 0 fully saturated rings. The summed E-state index contributed by atoms with van der Waals surface area (Å²) in [6.07, 6.45) is 5.50. The van der Waals surface area contributed by atoms with Crippen molar-refractivity contribution >= 4 is 0 Å². The molecule has 18 heavy (non-hydrogen) atoms. The van der Waals surface area contributed by atoms with Crippen molar-refractivity contribution in [2.24, 2.45) is 13.0 Å². The summed E-state index contributed by atoms with van der Waals surface area (Å²) in [7, 11) is 1.89. The van der Waals surface area contributed by atoms with E-state index in [9.17, 15) is 0 Å². The fraction of sp³-hybridized carbons (Fsp3) is 0.583. The van der Waals surface area contributed by atoms with Crippen LogP contribution >= 0.6 is 0 Å². The highest BCUT2D eigenvalue weighted by atomic mass is 15.3. The smallest absolute Gasteiger partial charge is 0.148 e. The van der Waals surface area contributed by atoms with Gasteiger partial charge in [-0.3, -0.25) is 9.36 Å². The zero-order chi connectivity index (χ0) is 13.0. The lowest BCUT2D eigenvalue weighted by molar-refractivity contribution is 0.551. The first-order chi connectivity index (χ1) is 8.65. The molecule has 2 aromatic rings. The van der Waals surface area contributed by atoms with Gasteiger partial charge in [0.15, 0.2) is 0 Å².